The lowest BCUT2D eigenvalue weighted by Crippen LogP contribution is -2.42. The molecule has 0 spiro atoms. The summed E-state index contributed by atoms with van der Waals surface area (Å²) in [7, 11) is 3.29. The van der Waals surface area contributed by atoms with Gasteiger partial charge in [-0.2, -0.15) is 0 Å². The Morgan fingerprint density at radius 3 is 2.61 bits per heavy atom. The molecule has 28 heavy (non-hydrogen) atoms. The molecule has 0 saturated heterocycles. The number of rotatable bonds is 5. The monoisotopic (exact) mass is 379 g/mol. The van der Waals surface area contributed by atoms with Crippen LogP contribution >= 0.6 is 0 Å². The van der Waals surface area contributed by atoms with E-state index in [-0.39, 0.29) is 23.8 Å². The van der Waals surface area contributed by atoms with E-state index >= 15 is 0 Å². The van der Waals surface area contributed by atoms with Crippen LogP contribution in [0.5, 0.6) is 11.5 Å². The van der Waals surface area contributed by atoms with Gasteiger partial charge in [-0.1, -0.05) is 30.3 Å². The number of carbonyl (C=O) groups excluding carboxylic acids is 1. The van der Waals surface area contributed by atoms with E-state index < -0.39 is 0 Å². The molecule has 2 aromatic rings. The number of methoxy groups -OCH3 is 2. The van der Waals surface area contributed by atoms with Crippen LogP contribution in [-0.2, 0) is 9.53 Å². The Bertz CT molecular complexity index is 877. The predicted molar refractivity (Wildman–Crippen MR) is 109 cm³/mol. The van der Waals surface area contributed by atoms with Crippen LogP contribution in [0.25, 0.3) is 5.57 Å². The van der Waals surface area contributed by atoms with Gasteiger partial charge in [-0.25, -0.2) is 0 Å². The SMILES string of the molecule is COc1ccc(NC2CCC3C(=O)C(c4ccccc4)=COC3C2)c(OC)c1. The lowest BCUT2D eigenvalue weighted by Gasteiger charge is -2.38. The molecule has 1 aliphatic heterocycles. The van der Waals surface area contributed by atoms with Gasteiger partial charge in [0.05, 0.1) is 37.7 Å². The maximum atomic E-state index is 13.0. The molecule has 5 heteroatoms. The highest BCUT2D eigenvalue weighted by Crippen LogP contribution is 2.38. The fourth-order valence-electron chi connectivity index (χ4n) is 4.09. The molecule has 1 heterocycles. The highest BCUT2D eigenvalue weighted by molar-refractivity contribution is 6.22. The fraction of sp³-hybridized carbons (Fsp3) is 0.348. The first kappa shape index (κ1) is 18.4. The van der Waals surface area contributed by atoms with Crippen LogP contribution in [0.1, 0.15) is 24.8 Å². The van der Waals surface area contributed by atoms with Gasteiger partial charge >= 0.3 is 0 Å². The Labute approximate surface area is 165 Å². The summed E-state index contributed by atoms with van der Waals surface area (Å²) in [6.07, 6.45) is 4.06. The molecule has 0 bridgehead atoms. The first-order valence-corrected chi connectivity index (χ1v) is 9.63. The molecule has 2 aliphatic rings. The smallest absolute Gasteiger partial charge is 0.173 e. The van der Waals surface area contributed by atoms with Gasteiger partial charge in [0.1, 0.15) is 17.6 Å². The first-order chi connectivity index (χ1) is 13.7. The van der Waals surface area contributed by atoms with E-state index in [1.165, 1.54) is 0 Å². The van der Waals surface area contributed by atoms with E-state index in [0.29, 0.717) is 5.57 Å². The van der Waals surface area contributed by atoms with Gasteiger partial charge in [-0.3, -0.25) is 4.79 Å². The lowest BCUT2D eigenvalue weighted by molar-refractivity contribution is -0.124. The number of carbonyl (C=O) groups is 1. The molecule has 5 nitrogen and oxygen atoms in total. The third-order valence-electron chi connectivity index (χ3n) is 5.61. The lowest BCUT2D eigenvalue weighted by atomic mass is 9.77. The Kier molecular flexibility index (Phi) is 5.24. The number of ether oxygens (including phenoxy) is 3. The summed E-state index contributed by atoms with van der Waals surface area (Å²) in [4.78, 5) is 13.0. The number of anilines is 1. The molecule has 3 unspecified atom stereocenters. The second kappa shape index (κ2) is 7.97. The second-order valence-corrected chi connectivity index (χ2v) is 7.26. The van der Waals surface area contributed by atoms with Gasteiger partial charge in [0.2, 0.25) is 0 Å². The Balaban J connectivity index is 1.46. The highest BCUT2D eigenvalue weighted by Gasteiger charge is 2.40. The average Bonchev–Trinajstić information content (AvgIpc) is 2.75. The summed E-state index contributed by atoms with van der Waals surface area (Å²) in [5, 5.41) is 3.55. The van der Waals surface area contributed by atoms with Crippen molar-refractivity contribution < 1.29 is 19.0 Å². The second-order valence-electron chi connectivity index (χ2n) is 7.26. The Hall–Kier alpha value is -2.95. The number of allylic oxidation sites excluding steroid dienone is 1. The first-order valence-electron chi connectivity index (χ1n) is 9.63. The largest absolute Gasteiger partial charge is 0.497 e. The number of hydrogen-bond donors (Lipinski definition) is 1. The normalized spacial score (nSPS) is 23.9. The number of fused-ring (bicyclic) bond motifs is 1. The van der Waals surface area contributed by atoms with Crippen LogP contribution in [0.4, 0.5) is 5.69 Å². The summed E-state index contributed by atoms with van der Waals surface area (Å²) in [6.45, 7) is 0. The van der Waals surface area contributed by atoms with Crippen LogP contribution in [0.3, 0.4) is 0 Å². The van der Waals surface area contributed by atoms with Crippen LogP contribution in [0.2, 0.25) is 0 Å². The third-order valence-corrected chi connectivity index (χ3v) is 5.61. The van der Waals surface area contributed by atoms with Crippen LogP contribution in [0, 0.1) is 5.92 Å². The molecule has 0 aromatic heterocycles. The molecule has 0 amide bonds. The zero-order valence-corrected chi connectivity index (χ0v) is 16.2. The van der Waals surface area contributed by atoms with Crippen molar-refractivity contribution in [3.05, 3.63) is 60.4 Å². The van der Waals surface area contributed by atoms with Gasteiger partial charge in [0.15, 0.2) is 5.78 Å². The van der Waals surface area contributed by atoms with Gasteiger partial charge in [-0.05, 0) is 30.5 Å². The molecule has 3 atom stereocenters. The number of nitrogens with one attached hydrogen (secondary N) is 1. The van der Waals surface area contributed by atoms with E-state index in [9.17, 15) is 4.79 Å². The average molecular weight is 379 g/mol. The molecule has 0 radical (unpaired) electrons. The number of benzene rings is 2. The molecule has 1 aliphatic carbocycles. The standard InChI is InChI=1S/C23H25NO4/c1-26-17-9-11-20(22(13-17)27-2)24-16-8-10-18-21(12-16)28-14-19(23(18)25)15-6-4-3-5-7-15/h3-7,9,11,13-14,16,18,21,24H,8,10,12H2,1-2H3. The maximum absolute atomic E-state index is 13.0. The molecule has 1 fully saturated rings. The van der Waals surface area contributed by atoms with Crippen molar-refractivity contribution in [1.82, 2.24) is 0 Å². The van der Waals surface area contributed by atoms with Crippen molar-refractivity contribution in [1.29, 1.82) is 0 Å². The third kappa shape index (κ3) is 3.57. The van der Waals surface area contributed by atoms with Crippen LogP contribution in [0.15, 0.2) is 54.8 Å². The van der Waals surface area contributed by atoms with E-state index in [1.54, 1.807) is 20.5 Å². The molecule has 1 N–H and O–H groups in total. The predicted octanol–water partition coefficient (Wildman–Crippen LogP) is 4.29. The molecular formula is C23H25NO4. The molecule has 4 rings (SSSR count). The maximum Gasteiger partial charge on any atom is 0.173 e. The Morgan fingerprint density at radius 2 is 1.86 bits per heavy atom. The van der Waals surface area contributed by atoms with Gasteiger partial charge in [-0.15, -0.1) is 0 Å². The summed E-state index contributed by atoms with van der Waals surface area (Å²) >= 11 is 0. The zero-order valence-electron chi connectivity index (χ0n) is 16.2. The minimum Gasteiger partial charge on any atom is -0.497 e. The van der Waals surface area contributed by atoms with E-state index in [0.717, 1.165) is 42.0 Å². The molecule has 2 aromatic carbocycles. The molecular weight excluding hydrogens is 354 g/mol. The van der Waals surface area contributed by atoms with Gasteiger partial charge in [0.25, 0.3) is 0 Å². The fourth-order valence-corrected chi connectivity index (χ4v) is 4.09. The van der Waals surface area contributed by atoms with Crippen molar-refractivity contribution in [3.63, 3.8) is 0 Å². The minimum absolute atomic E-state index is 0.0731. The highest BCUT2D eigenvalue weighted by atomic mass is 16.5. The van der Waals surface area contributed by atoms with E-state index in [4.69, 9.17) is 14.2 Å². The quantitative estimate of drug-likeness (QED) is 0.840. The summed E-state index contributed by atoms with van der Waals surface area (Å²) < 4.78 is 16.7. The van der Waals surface area contributed by atoms with Crippen LogP contribution < -0.4 is 14.8 Å². The Morgan fingerprint density at radius 1 is 1.04 bits per heavy atom. The summed E-state index contributed by atoms with van der Waals surface area (Å²) in [5.74, 6) is 1.62. The van der Waals surface area contributed by atoms with E-state index in [2.05, 4.69) is 5.32 Å². The van der Waals surface area contributed by atoms with Crippen molar-refractivity contribution in [2.75, 3.05) is 19.5 Å². The van der Waals surface area contributed by atoms with Gasteiger partial charge in [0, 0.05) is 18.5 Å². The zero-order chi connectivity index (χ0) is 19.5. The van der Waals surface area contributed by atoms with E-state index in [1.807, 2.05) is 48.5 Å². The number of ketones is 1. The van der Waals surface area contributed by atoms with Crippen molar-refractivity contribution in [2.24, 2.45) is 5.92 Å². The topological polar surface area (TPSA) is 56.8 Å². The van der Waals surface area contributed by atoms with Gasteiger partial charge < -0.3 is 19.5 Å². The van der Waals surface area contributed by atoms with Crippen molar-refractivity contribution in [2.45, 2.75) is 31.4 Å². The number of hydrogen-bond acceptors (Lipinski definition) is 5. The summed E-state index contributed by atoms with van der Waals surface area (Å²) in [5.41, 5.74) is 2.54. The summed E-state index contributed by atoms with van der Waals surface area (Å²) in [6, 6.07) is 15.7. The number of Topliss-reactive ketones (excluding diaryl/α,β-unsaturated/α-hetero) is 1. The van der Waals surface area contributed by atoms with Crippen molar-refractivity contribution in [3.8, 4) is 11.5 Å². The molecule has 146 valence electrons. The van der Waals surface area contributed by atoms with Crippen LogP contribution in [-0.4, -0.2) is 32.1 Å². The minimum atomic E-state index is -0.0875. The molecule has 1 saturated carbocycles. The van der Waals surface area contributed by atoms with Crippen molar-refractivity contribution >= 4 is 17.0 Å².